The van der Waals surface area contributed by atoms with Gasteiger partial charge in [0.25, 0.3) is 0 Å². The van der Waals surface area contributed by atoms with Crippen molar-refractivity contribution in [1.29, 1.82) is 0 Å². The molecule has 3 heteroatoms. The highest BCUT2D eigenvalue weighted by atomic mass is 16.3. The maximum Gasteiger partial charge on any atom is 0.0544 e. The third kappa shape index (κ3) is 3.07. The van der Waals surface area contributed by atoms with E-state index in [0.717, 1.165) is 32.1 Å². The molecule has 2 saturated carbocycles. The van der Waals surface area contributed by atoms with Crippen molar-refractivity contribution in [3.05, 3.63) is 42.0 Å². The zero-order chi connectivity index (χ0) is 19.9. The summed E-state index contributed by atoms with van der Waals surface area (Å²) in [5.74, 6) is 1.24. The predicted molar refractivity (Wildman–Crippen MR) is 112 cm³/mol. The summed E-state index contributed by atoms with van der Waals surface area (Å²) in [4.78, 5) is 0. The molecule has 7 atom stereocenters. The molecule has 0 radical (unpaired) electrons. The molecule has 7 unspecified atom stereocenters. The van der Waals surface area contributed by atoms with Crippen molar-refractivity contribution in [2.75, 3.05) is 13.2 Å². The Kier molecular flexibility index (Phi) is 5.45. The largest absolute Gasteiger partial charge is 0.396 e. The van der Waals surface area contributed by atoms with Gasteiger partial charge in [0.1, 0.15) is 0 Å². The van der Waals surface area contributed by atoms with Crippen LogP contribution >= 0.6 is 0 Å². The third-order valence-electron chi connectivity index (χ3n) is 8.89. The van der Waals surface area contributed by atoms with E-state index in [1.807, 2.05) is 0 Å². The topological polar surface area (TPSA) is 60.7 Å². The molecule has 0 aliphatic heterocycles. The molecule has 0 heterocycles. The van der Waals surface area contributed by atoms with Crippen LogP contribution in [0, 0.1) is 34.5 Å². The Hall–Kier alpha value is -1.16. The van der Waals surface area contributed by atoms with Gasteiger partial charge in [-0.1, -0.05) is 50.3 Å². The van der Waals surface area contributed by atoms with E-state index in [1.165, 1.54) is 11.1 Å². The lowest BCUT2D eigenvalue weighted by atomic mass is 9.49. The first-order valence-electron chi connectivity index (χ1n) is 11.1. The van der Waals surface area contributed by atoms with Crippen molar-refractivity contribution in [2.45, 2.75) is 58.5 Å². The monoisotopic (exact) mass is 384 g/mol. The van der Waals surface area contributed by atoms with Crippen LogP contribution in [-0.4, -0.2) is 34.6 Å². The fraction of sp³-hybridized carbons (Fsp3) is 0.680. The number of aliphatic hydroxyl groups is 3. The molecule has 3 aliphatic carbocycles. The highest BCUT2D eigenvalue weighted by Gasteiger charge is 2.56. The first-order chi connectivity index (χ1) is 13.4. The summed E-state index contributed by atoms with van der Waals surface area (Å²) in [5.41, 5.74) is 2.89. The maximum absolute atomic E-state index is 10.5. The predicted octanol–water partition coefficient (Wildman–Crippen LogP) is 4.27. The van der Waals surface area contributed by atoms with Crippen molar-refractivity contribution in [3.63, 3.8) is 0 Å². The lowest BCUT2D eigenvalue weighted by Gasteiger charge is -2.56. The van der Waals surface area contributed by atoms with Crippen LogP contribution < -0.4 is 0 Å². The number of fused-ring (bicyclic) bond motifs is 1. The van der Waals surface area contributed by atoms with Crippen LogP contribution in [0.5, 0.6) is 0 Å². The van der Waals surface area contributed by atoms with E-state index in [0.29, 0.717) is 18.3 Å². The molecule has 0 spiro atoms. The second kappa shape index (κ2) is 7.59. The molecule has 28 heavy (non-hydrogen) atoms. The molecule has 1 aromatic rings. The van der Waals surface area contributed by atoms with Crippen LogP contribution in [-0.2, 0) is 0 Å². The minimum atomic E-state index is -0.288. The average Bonchev–Trinajstić information content (AvgIpc) is 3.06. The summed E-state index contributed by atoms with van der Waals surface area (Å²) >= 11 is 0. The second-order valence-corrected chi connectivity index (χ2v) is 10.0. The average molecular weight is 385 g/mol. The van der Waals surface area contributed by atoms with Crippen molar-refractivity contribution >= 4 is 5.57 Å². The summed E-state index contributed by atoms with van der Waals surface area (Å²) in [5, 5.41) is 30.7. The summed E-state index contributed by atoms with van der Waals surface area (Å²) in [6, 6.07) is 10.7. The molecular weight excluding hydrogens is 348 g/mol. The maximum atomic E-state index is 10.5. The van der Waals surface area contributed by atoms with E-state index in [4.69, 9.17) is 0 Å². The fourth-order valence-corrected chi connectivity index (χ4v) is 7.16. The van der Waals surface area contributed by atoms with E-state index in [-0.39, 0.29) is 42.0 Å². The van der Waals surface area contributed by atoms with E-state index >= 15 is 0 Å². The number of benzene rings is 1. The third-order valence-corrected chi connectivity index (χ3v) is 8.89. The van der Waals surface area contributed by atoms with Gasteiger partial charge in [-0.2, -0.15) is 0 Å². The first kappa shape index (κ1) is 20.1. The zero-order valence-corrected chi connectivity index (χ0v) is 17.3. The normalized spacial score (nSPS) is 43.5. The minimum absolute atomic E-state index is 0.00178. The molecule has 0 amide bonds. The van der Waals surface area contributed by atoms with E-state index in [2.05, 4.69) is 50.3 Å². The molecule has 154 valence electrons. The quantitative estimate of drug-likeness (QED) is 0.726. The van der Waals surface area contributed by atoms with Gasteiger partial charge in [-0.15, -0.1) is 0 Å². The van der Waals surface area contributed by atoms with Gasteiger partial charge in [0, 0.05) is 13.2 Å². The summed E-state index contributed by atoms with van der Waals surface area (Å²) in [7, 11) is 0. The standard InChI is InChI=1S/C25H36O3/c1-24(12-10-19(28)14-18(24)15-26)23-11-13-25(2)21(17-6-4-3-5-7-17)8-9-22(25)20(23)16-27/h3-8,18-20,22-23,26-28H,9-16H2,1-2H3. The molecule has 2 fully saturated rings. The number of rotatable bonds is 4. The van der Waals surface area contributed by atoms with Gasteiger partial charge in [0.05, 0.1) is 6.10 Å². The van der Waals surface area contributed by atoms with Crippen molar-refractivity contribution < 1.29 is 15.3 Å². The summed E-state index contributed by atoms with van der Waals surface area (Å²) in [6.45, 7) is 5.07. The number of allylic oxidation sites excluding steroid dienone is 2. The van der Waals surface area contributed by atoms with Gasteiger partial charge < -0.3 is 15.3 Å². The van der Waals surface area contributed by atoms with Crippen LogP contribution in [0.2, 0.25) is 0 Å². The number of hydrogen-bond donors (Lipinski definition) is 3. The Labute approximate surface area is 169 Å². The van der Waals surface area contributed by atoms with Crippen LogP contribution in [0.3, 0.4) is 0 Å². The van der Waals surface area contributed by atoms with Crippen molar-refractivity contribution in [3.8, 4) is 0 Å². The molecule has 4 rings (SSSR count). The minimum Gasteiger partial charge on any atom is -0.396 e. The summed E-state index contributed by atoms with van der Waals surface area (Å²) < 4.78 is 0. The van der Waals surface area contributed by atoms with Crippen LogP contribution in [0.4, 0.5) is 0 Å². The van der Waals surface area contributed by atoms with Gasteiger partial charge in [0.15, 0.2) is 0 Å². The Balaban J connectivity index is 1.63. The van der Waals surface area contributed by atoms with Crippen LogP contribution in [0.15, 0.2) is 36.4 Å². The lowest BCUT2D eigenvalue weighted by molar-refractivity contribution is -0.103. The van der Waals surface area contributed by atoms with Crippen molar-refractivity contribution in [2.24, 2.45) is 34.5 Å². The van der Waals surface area contributed by atoms with E-state index in [9.17, 15) is 15.3 Å². The highest BCUT2D eigenvalue weighted by molar-refractivity contribution is 5.72. The number of hydrogen-bond acceptors (Lipinski definition) is 3. The van der Waals surface area contributed by atoms with Gasteiger partial charge in [0.2, 0.25) is 0 Å². The second-order valence-electron chi connectivity index (χ2n) is 10.0. The van der Waals surface area contributed by atoms with Gasteiger partial charge >= 0.3 is 0 Å². The molecule has 3 N–H and O–H groups in total. The van der Waals surface area contributed by atoms with Gasteiger partial charge in [-0.25, -0.2) is 0 Å². The first-order valence-corrected chi connectivity index (χ1v) is 11.1. The molecule has 0 saturated heterocycles. The van der Waals surface area contributed by atoms with Crippen LogP contribution in [0.25, 0.3) is 5.57 Å². The van der Waals surface area contributed by atoms with E-state index < -0.39 is 0 Å². The smallest absolute Gasteiger partial charge is 0.0544 e. The zero-order valence-electron chi connectivity index (χ0n) is 17.3. The Morgan fingerprint density at radius 3 is 2.39 bits per heavy atom. The highest BCUT2D eigenvalue weighted by Crippen LogP contribution is 2.63. The Bertz CT molecular complexity index is 714. The Morgan fingerprint density at radius 1 is 0.964 bits per heavy atom. The van der Waals surface area contributed by atoms with Crippen LogP contribution in [0.1, 0.15) is 57.9 Å². The van der Waals surface area contributed by atoms with Gasteiger partial charge in [-0.3, -0.25) is 0 Å². The molecular formula is C25H36O3. The molecule has 3 nitrogen and oxygen atoms in total. The molecule has 0 bridgehead atoms. The SMILES string of the molecule is CC12CCC(C3(C)CCC(O)CC3CO)C(CO)C1CC=C2c1ccccc1. The molecule has 1 aromatic carbocycles. The molecule has 3 aliphatic rings. The Morgan fingerprint density at radius 2 is 1.71 bits per heavy atom. The van der Waals surface area contributed by atoms with E-state index in [1.54, 1.807) is 0 Å². The molecule has 0 aromatic heterocycles. The fourth-order valence-electron chi connectivity index (χ4n) is 7.16. The lowest BCUT2D eigenvalue weighted by Crippen LogP contribution is -2.52. The summed E-state index contributed by atoms with van der Waals surface area (Å²) in [6.07, 6.45) is 7.84. The van der Waals surface area contributed by atoms with Gasteiger partial charge in [-0.05, 0) is 84.2 Å². The number of aliphatic hydroxyl groups excluding tert-OH is 3. The van der Waals surface area contributed by atoms with Crippen molar-refractivity contribution in [1.82, 2.24) is 0 Å².